The van der Waals surface area contributed by atoms with Crippen molar-refractivity contribution in [2.24, 2.45) is 17.8 Å². The van der Waals surface area contributed by atoms with E-state index in [1.165, 1.54) is 12.0 Å². The first kappa shape index (κ1) is 11.8. The fourth-order valence-corrected chi connectivity index (χ4v) is 3.36. The highest BCUT2D eigenvalue weighted by atomic mass is 16.3. The molecule has 2 aliphatic carbocycles. The van der Waals surface area contributed by atoms with Crippen molar-refractivity contribution >= 4 is 5.78 Å². The van der Waals surface area contributed by atoms with Gasteiger partial charge in [-0.15, -0.1) is 0 Å². The molecule has 0 aromatic rings. The van der Waals surface area contributed by atoms with E-state index in [-0.39, 0.29) is 11.7 Å². The van der Waals surface area contributed by atoms with Crippen molar-refractivity contribution in [3.63, 3.8) is 0 Å². The largest absolute Gasteiger partial charge is 0.390 e. The molecule has 0 aliphatic heterocycles. The lowest BCUT2D eigenvalue weighted by atomic mass is 9.63. The van der Waals surface area contributed by atoms with Crippen LogP contribution in [0.5, 0.6) is 0 Å². The molecule has 90 valence electrons. The van der Waals surface area contributed by atoms with Gasteiger partial charge in [-0.25, -0.2) is 0 Å². The lowest BCUT2D eigenvalue weighted by molar-refractivity contribution is -0.115. The van der Waals surface area contributed by atoms with Crippen molar-refractivity contribution in [2.75, 3.05) is 0 Å². The molecule has 2 heteroatoms. The molecule has 2 nitrogen and oxygen atoms in total. The predicted molar refractivity (Wildman–Crippen MR) is 64.0 cm³/mol. The summed E-state index contributed by atoms with van der Waals surface area (Å²) in [4.78, 5) is 11.5. The lowest BCUT2D eigenvalue weighted by Gasteiger charge is -2.43. The normalized spacial score (nSPS) is 35.6. The van der Waals surface area contributed by atoms with Gasteiger partial charge in [0.15, 0.2) is 5.78 Å². The molecule has 0 aromatic carbocycles. The Morgan fingerprint density at radius 1 is 1.31 bits per heavy atom. The van der Waals surface area contributed by atoms with E-state index >= 15 is 0 Å². The van der Waals surface area contributed by atoms with E-state index in [4.69, 9.17) is 0 Å². The lowest BCUT2D eigenvalue weighted by Crippen LogP contribution is -2.40. The third-order valence-electron chi connectivity index (χ3n) is 4.31. The maximum atomic E-state index is 11.5. The second-order valence-corrected chi connectivity index (χ2v) is 6.02. The van der Waals surface area contributed by atoms with Gasteiger partial charge in [0, 0.05) is 12.3 Å². The Hall–Kier alpha value is -0.630. The molecular formula is C14H22O2. The zero-order chi connectivity index (χ0) is 11.9. The summed E-state index contributed by atoms with van der Waals surface area (Å²) in [5.74, 6) is 1.62. The molecule has 0 amide bonds. The average Bonchev–Trinajstić information content (AvgIpc) is 2.15. The first-order valence-corrected chi connectivity index (χ1v) is 6.36. The third kappa shape index (κ3) is 2.08. The molecule has 1 saturated carbocycles. The van der Waals surface area contributed by atoms with Crippen LogP contribution in [0.25, 0.3) is 0 Å². The van der Waals surface area contributed by atoms with E-state index in [1.807, 2.05) is 19.9 Å². The van der Waals surface area contributed by atoms with Crippen molar-refractivity contribution in [3.05, 3.63) is 11.6 Å². The summed E-state index contributed by atoms with van der Waals surface area (Å²) in [5.41, 5.74) is 0.532. The SMILES string of the molecule is CC1CCC(C(C)(C)O)C2=CC(=O)CCC21. The molecule has 0 spiro atoms. The highest BCUT2D eigenvalue weighted by molar-refractivity contribution is 5.91. The average molecular weight is 222 g/mol. The summed E-state index contributed by atoms with van der Waals surface area (Å²) in [7, 11) is 0. The Bertz CT molecular complexity index is 322. The quantitative estimate of drug-likeness (QED) is 0.740. The number of fused-ring (bicyclic) bond motifs is 1. The number of aliphatic hydroxyl groups is 1. The number of hydrogen-bond acceptors (Lipinski definition) is 2. The molecular weight excluding hydrogens is 200 g/mol. The topological polar surface area (TPSA) is 37.3 Å². The Labute approximate surface area is 97.7 Å². The summed E-state index contributed by atoms with van der Waals surface area (Å²) in [6, 6.07) is 0. The Morgan fingerprint density at radius 3 is 2.62 bits per heavy atom. The predicted octanol–water partition coefficient (Wildman–Crippen LogP) is 2.71. The van der Waals surface area contributed by atoms with Crippen LogP contribution in [0.4, 0.5) is 0 Å². The number of carbonyl (C=O) groups excluding carboxylic acids is 1. The maximum absolute atomic E-state index is 11.5. The minimum absolute atomic E-state index is 0.179. The van der Waals surface area contributed by atoms with Crippen LogP contribution in [-0.2, 0) is 4.79 Å². The summed E-state index contributed by atoms with van der Waals surface area (Å²) >= 11 is 0. The van der Waals surface area contributed by atoms with E-state index in [0.717, 1.165) is 12.8 Å². The van der Waals surface area contributed by atoms with Crippen molar-refractivity contribution in [1.82, 2.24) is 0 Å². The zero-order valence-electron chi connectivity index (χ0n) is 10.5. The van der Waals surface area contributed by atoms with Gasteiger partial charge in [-0.3, -0.25) is 4.79 Å². The molecule has 3 unspecified atom stereocenters. The van der Waals surface area contributed by atoms with Crippen LogP contribution in [-0.4, -0.2) is 16.5 Å². The highest BCUT2D eigenvalue weighted by Crippen LogP contribution is 2.46. The Kier molecular flexibility index (Phi) is 2.95. The summed E-state index contributed by atoms with van der Waals surface area (Å²) in [6.07, 6.45) is 5.69. The molecule has 0 bridgehead atoms. The van der Waals surface area contributed by atoms with E-state index in [1.54, 1.807) is 0 Å². The van der Waals surface area contributed by atoms with Gasteiger partial charge in [0.25, 0.3) is 0 Å². The number of allylic oxidation sites excluding steroid dienone is 1. The number of rotatable bonds is 1. The van der Waals surface area contributed by atoms with Crippen LogP contribution in [0.3, 0.4) is 0 Å². The van der Waals surface area contributed by atoms with Gasteiger partial charge in [0.05, 0.1) is 5.60 Å². The van der Waals surface area contributed by atoms with Crippen LogP contribution in [0.1, 0.15) is 46.5 Å². The minimum Gasteiger partial charge on any atom is -0.390 e. The van der Waals surface area contributed by atoms with Gasteiger partial charge < -0.3 is 5.11 Å². The Morgan fingerprint density at radius 2 is 2.00 bits per heavy atom. The second kappa shape index (κ2) is 3.99. The minimum atomic E-state index is -0.693. The van der Waals surface area contributed by atoms with Crippen LogP contribution in [0, 0.1) is 17.8 Å². The van der Waals surface area contributed by atoms with Crippen LogP contribution in [0.15, 0.2) is 11.6 Å². The molecule has 2 rings (SSSR count). The first-order chi connectivity index (χ1) is 7.39. The number of hydrogen-bond donors (Lipinski definition) is 1. The Balaban J connectivity index is 2.32. The molecule has 0 heterocycles. The fourth-order valence-electron chi connectivity index (χ4n) is 3.36. The van der Waals surface area contributed by atoms with Gasteiger partial charge >= 0.3 is 0 Å². The fraction of sp³-hybridized carbons (Fsp3) is 0.786. The standard InChI is InChI=1S/C14H22O2/c1-9-4-7-13(14(2,3)16)12-8-10(15)5-6-11(9)12/h8-9,11,13,16H,4-7H2,1-3H3. The monoisotopic (exact) mass is 222 g/mol. The van der Waals surface area contributed by atoms with E-state index in [9.17, 15) is 9.90 Å². The summed E-state index contributed by atoms with van der Waals surface area (Å²) in [5, 5.41) is 10.2. The second-order valence-electron chi connectivity index (χ2n) is 6.02. The van der Waals surface area contributed by atoms with Crippen LogP contribution >= 0.6 is 0 Å². The van der Waals surface area contributed by atoms with Crippen LogP contribution < -0.4 is 0 Å². The molecule has 1 fully saturated rings. The third-order valence-corrected chi connectivity index (χ3v) is 4.31. The molecule has 16 heavy (non-hydrogen) atoms. The molecule has 3 atom stereocenters. The van der Waals surface area contributed by atoms with Crippen LogP contribution in [0.2, 0.25) is 0 Å². The van der Waals surface area contributed by atoms with E-state index < -0.39 is 5.60 Å². The van der Waals surface area contributed by atoms with Crippen molar-refractivity contribution in [2.45, 2.75) is 52.1 Å². The molecule has 0 saturated heterocycles. The van der Waals surface area contributed by atoms with E-state index in [2.05, 4.69) is 6.92 Å². The van der Waals surface area contributed by atoms with Gasteiger partial charge in [-0.2, -0.15) is 0 Å². The van der Waals surface area contributed by atoms with Gasteiger partial charge in [0.2, 0.25) is 0 Å². The summed E-state index contributed by atoms with van der Waals surface area (Å²) in [6.45, 7) is 6.00. The molecule has 1 N–H and O–H groups in total. The molecule has 0 aromatic heterocycles. The first-order valence-electron chi connectivity index (χ1n) is 6.36. The number of carbonyl (C=O) groups is 1. The zero-order valence-corrected chi connectivity index (χ0v) is 10.5. The highest BCUT2D eigenvalue weighted by Gasteiger charge is 2.40. The van der Waals surface area contributed by atoms with Crippen molar-refractivity contribution < 1.29 is 9.90 Å². The van der Waals surface area contributed by atoms with Gasteiger partial charge in [0.1, 0.15) is 0 Å². The smallest absolute Gasteiger partial charge is 0.155 e. The van der Waals surface area contributed by atoms with Crippen molar-refractivity contribution in [1.29, 1.82) is 0 Å². The van der Waals surface area contributed by atoms with Crippen molar-refractivity contribution in [3.8, 4) is 0 Å². The molecule has 0 radical (unpaired) electrons. The van der Waals surface area contributed by atoms with Gasteiger partial charge in [-0.05, 0) is 51.0 Å². The number of ketones is 1. The van der Waals surface area contributed by atoms with Gasteiger partial charge in [-0.1, -0.05) is 12.5 Å². The van der Waals surface area contributed by atoms with E-state index in [0.29, 0.717) is 18.3 Å². The molecule has 2 aliphatic rings. The summed E-state index contributed by atoms with van der Waals surface area (Å²) < 4.78 is 0. The maximum Gasteiger partial charge on any atom is 0.155 e.